The van der Waals surface area contributed by atoms with Gasteiger partial charge in [-0.25, -0.2) is 9.97 Å². The average Bonchev–Trinajstić information content (AvgIpc) is 2.99. The van der Waals surface area contributed by atoms with Crippen molar-refractivity contribution in [3.8, 4) is 0 Å². The lowest BCUT2D eigenvalue weighted by molar-refractivity contribution is 0.126. The van der Waals surface area contributed by atoms with Gasteiger partial charge in [-0.05, 0) is 131 Å². The van der Waals surface area contributed by atoms with Crippen LogP contribution in [0.3, 0.4) is 0 Å². The molecule has 3 rings (SSSR count). The lowest BCUT2D eigenvalue weighted by atomic mass is 9.80. The molecule has 0 atom stereocenters. The molecule has 0 amide bonds. The summed E-state index contributed by atoms with van der Waals surface area (Å²) in [4.78, 5) is 11.3. The summed E-state index contributed by atoms with van der Waals surface area (Å²) >= 11 is 0. The van der Waals surface area contributed by atoms with Gasteiger partial charge < -0.3 is 16.2 Å². The summed E-state index contributed by atoms with van der Waals surface area (Å²) in [6.45, 7) is 19.6. The van der Waals surface area contributed by atoms with Gasteiger partial charge in [-0.15, -0.1) is 0 Å². The highest BCUT2D eigenvalue weighted by atomic mass is 16.3. The lowest BCUT2D eigenvalue weighted by Gasteiger charge is -2.32. The molecule has 0 spiro atoms. The fourth-order valence-corrected chi connectivity index (χ4v) is 6.05. The number of hydrogen-bond acceptors (Lipinski definition) is 6. The van der Waals surface area contributed by atoms with Crippen LogP contribution in [0, 0.1) is 18.3 Å². The van der Waals surface area contributed by atoms with E-state index < -0.39 is 5.60 Å². The summed E-state index contributed by atoms with van der Waals surface area (Å²) in [7, 11) is 1.50. The molecule has 2 aromatic rings. The normalized spacial score (nSPS) is 16.1. The zero-order valence-corrected chi connectivity index (χ0v) is 28.3. The second-order valence-electron chi connectivity index (χ2n) is 12.3. The van der Waals surface area contributed by atoms with Crippen LogP contribution in [0.25, 0.3) is 5.57 Å². The predicted molar refractivity (Wildman–Crippen MR) is 183 cm³/mol. The highest BCUT2D eigenvalue weighted by Gasteiger charge is 2.26. The molecule has 2 heterocycles. The highest BCUT2D eigenvalue weighted by Crippen LogP contribution is 2.39. The number of rotatable bonds is 12. The van der Waals surface area contributed by atoms with Crippen LogP contribution >= 0.6 is 0 Å². The van der Waals surface area contributed by atoms with Gasteiger partial charge in [-0.3, -0.25) is 4.90 Å². The molecule has 4 N–H and O–H groups in total. The van der Waals surface area contributed by atoms with Crippen molar-refractivity contribution < 1.29 is 5.11 Å². The Morgan fingerprint density at radius 3 is 2.28 bits per heavy atom. The molecule has 0 unspecified atom stereocenters. The summed E-state index contributed by atoms with van der Waals surface area (Å²) in [5.74, 6) is 1.77. The van der Waals surface area contributed by atoms with Crippen LogP contribution < -0.4 is 5.73 Å². The Morgan fingerprint density at radius 1 is 1.14 bits per heavy atom. The molecule has 1 aliphatic rings. The molecule has 6 heteroatoms. The van der Waals surface area contributed by atoms with E-state index >= 15 is 0 Å². The molecule has 0 radical (unpaired) electrons. The van der Waals surface area contributed by atoms with Crippen LogP contribution in [0.1, 0.15) is 109 Å². The summed E-state index contributed by atoms with van der Waals surface area (Å²) in [6, 6.07) is 8.97. The van der Waals surface area contributed by atoms with Gasteiger partial charge in [0.2, 0.25) is 0 Å². The molecular weight excluding hydrogens is 530 g/mol. The zero-order valence-electron chi connectivity index (χ0n) is 28.3. The quantitative estimate of drug-likeness (QED) is 0.172. The van der Waals surface area contributed by atoms with Crippen molar-refractivity contribution in [2.75, 3.05) is 20.1 Å². The van der Waals surface area contributed by atoms with Crippen molar-refractivity contribution in [2.24, 2.45) is 11.7 Å². The number of aromatic nitrogens is 2. The van der Waals surface area contributed by atoms with Gasteiger partial charge in [0.05, 0.1) is 12.1 Å². The number of nitrogens with two attached hydrogens (primary N) is 1. The Hall–Kier alpha value is -2.93. The van der Waals surface area contributed by atoms with E-state index in [0.29, 0.717) is 29.5 Å². The van der Waals surface area contributed by atoms with Crippen LogP contribution in [-0.4, -0.2) is 51.4 Å². The first kappa shape index (κ1) is 36.3. The number of benzene rings is 1. The number of nitrogens with zero attached hydrogens (tertiary/aromatic N) is 3. The third-order valence-corrected chi connectivity index (χ3v) is 8.29. The Kier molecular flexibility index (Phi) is 14.7. The number of aliphatic hydroxyl groups is 1. The second kappa shape index (κ2) is 17.4. The topological polar surface area (TPSA) is 99.1 Å². The van der Waals surface area contributed by atoms with Gasteiger partial charge in [0.1, 0.15) is 5.82 Å². The van der Waals surface area contributed by atoms with Crippen molar-refractivity contribution in [3.63, 3.8) is 0 Å². The maximum absolute atomic E-state index is 11.0. The van der Waals surface area contributed by atoms with Crippen LogP contribution in [0.2, 0.25) is 0 Å². The number of hydrogen-bond donors (Lipinski definition) is 3. The van der Waals surface area contributed by atoms with Gasteiger partial charge in [0.15, 0.2) is 0 Å². The standard InChI is InChI=1S/C36H52N4O.CH5N/c1-9-13-30(27(10-2)23-32(33(37)11-3)36(7,8)41)35(25(4)5)31-22-29(15-14-26(31)6)28-16-20-40(21-17-28)24-34-38-18-12-19-39-34;1-2/h10,12,14-15,18-19,22-23,25,28,37,41H,9,11,13,16-17,20-21,24H2,1-8H3;2H2,1H3/b27-10+,32-23+,35-30+,37-33?;. The Balaban J connectivity index is 0.00000316. The van der Waals surface area contributed by atoms with Crippen LogP contribution in [-0.2, 0) is 6.54 Å². The third kappa shape index (κ3) is 10.1. The highest BCUT2D eigenvalue weighted by molar-refractivity contribution is 6.00. The molecular formula is C37H57N5O. The van der Waals surface area contributed by atoms with Crippen LogP contribution in [0.5, 0.6) is 0 Å². The minimum atomic E-state index is -1.08. The maximum atomic E-state index is 11.0. The molecule has 236 valence electrons. The zero-order chi connectivity index (χ0) is 32.2. The average molecular weight is 588 g/mol. The third-order valence-electron chi connectivity index (χ3n) is 8.29. The fourth-order valence-electron chi connectivity index (χ4n) is 6.05. The van der Waals surface area contributed by atoms with E-state index in [0.717, 1.165) is 56.7 Å². The van der Waals surface area contributed by atoms with E-state index in [1.807, 2.05) is 25.4 Å². The first-order valence-corrected chi connectivity index (χ1v) is 16.1. The van der Waals surface area contributed by atoms with Crippen molar-refractivity contribution in [3.05, 3.63) is 88.0 Å². The lowest BCUT2D eigenvalue weighted by Crippen LogP contribution is -2.33. The number of likely N-dealkylation sites (tertiary alicyclic amines) is 1. The molecule has 43 heavy (non-hydrogen) atoms. The molecule has 1 aliphatic heterocycles. The fraction of sp³-hybridized carbons (Fsp3) is 0.541. The van der Waals surface area contributed by atoms with Gasteiger partial charge >= 0.3 is 0 Å². The summed E-state index contributed by atoms with van der Waals surface area (Å²) in [5.41, 5.74) is 12.5. The Morgan fingerprint density at radius 2 is 1.77 bits per heavy atom. The first-order valence-electron chi connectivity index (χ1n) is 16.1. The molecule has 1 aromatic carbocycles. The van der Waals surface area contributed by atoms with Gasteiger partial charge in [0.25, 0.3) is 0 Å². The largest absolute Gasteiger partial charge is 0.386 e. The maximum Gasteiger partial charge on any atom is 0.142 e. The summed E-state index contributed by atoms with van der Waals surface area (Å²) in [5, 5.41) is 19.6. The van der Waals surface area contributed by atoms with E-state index in [-0.39, 0.29) is 0 Å². The summed E-state index contributed by atoms with van der Waals surface area (Å²) < 4.78 is 0. The first-order chi connectivity index (χ1) is 20.5. The van der Waals surface area contributed by atoms with E-state index in [1.165, 1.54) is 34.9 Å². The molecule has 1 aromatic heterocycles. The second-order valence-corrected chi connectivity index (χ2v) is 12.3. The minimum absolute atomic E-state index is 0.331. The Labute approximate surface area is 261 Å². The van der Waals surface area contributed by atoms with E-state index in [2.05, 4.69) is 85.6 Å². The molecule has 1 saturated heterocycles. The number of piperidine rings is 1. The molecule has 0 saturated carbocycles. The van der Waals surface area contributed by atoms with Gasteiger partial charge in [-0.1, -0.05) is 58.4 Å². The van der Waals surface area contributed by atoms with Gasteiger partial charge in [0, 0.05) is 23.7 Å². The molecule has 0 bridgehead atoms. The van der Waals surface area contributed by atoms with Crippen molar-refractivity contribution in [1.29, 1.82) is 5.41 Å². The molecule has 0 aliphatic carbocycles. The molecule has 6 nitrogen and oxygen atoms in total. The van der Waals surface area contributed by atoms with E-state index in [9.17, 15) is 5.11 Å². The Bertz CT molecular complexity index is 1260. The molecule has 1 fully saturated rings. The SMILES string of the molecule is C/C=C(\C=C(/C(=N)CC)C(C)(C)O)C(/CCC)=C(/c1cc(C2CCN(Cc3ncccn3)CC2)ccc1C)C(C)C.CN. The van der Waals surface area contributed by atoms with Crippen molar-refractivity contribution >= 4 is 11.3 Å². The monoisotopic (exact) mass is 587 g/mol. The minimum Gasteiger partial charge on any atom is -0.386 e. The smallest absolute Gasteiger partial charge is 0.142 e. The van der Waals surface area contributed by atoms with Crippen LogP contribution in [0.4, 0.5) is 0 Å². The van der Waals surface area contributed by atoms with E-state index in [4.69, 9.17) is 5.41 Å². The van der Waals surface area contributed by atoms with Gasteiger partial charge in [-0.2, -0.15) is 0 Å². The van der Waals surface area contributed by atoms with Crippen molar-refractivity contribution in [1.82, 2.24) is 14.9 Å². The van der Waals surface area contributed by atoms with Crippen molar-refractivity contribution in [2.45, 2.75) is 106 Å². The predicted octanol–water partition coefficient (Wildman–Crippen LogP) is 8.02. The number of nitrogens with one attached hydrogen (secondary N) is 1. The number of aryl methyl sites for hydroxylation is 1. The number of allylic oxidation sites excluding steroid dienone is 5. The van der Waals surface area contributed by atoms with Crippen LogP contribution in [0.15, 0.2) is 65.5 Å². The summed E-state index contributed by atoms with van der Waals surface area (Å²) in [6.07, 6.45) is 12.7. The van der Waals surface area contributed by atoms with E-state index in [1.54, 1.807) is 13.8 Å².